The van der Waals surface area contributed by atoms with E-state index in [1.165, 1.54) is 10.6 Å². The first-order valence-corrected chi connectivity index (χ1v) is 5.78. The van der Waals surface area contributed by atoms with Crippen molar-refractivity contribution in [3.63, 3.8) is 0 Å². The normalized spacial score (nSPS) is 10.6. The van der Waals surface area contributed by atoms with E-state index >= 15 is 0 Å². The molecule has 0 aliphatic heterocycles. The summed E-state index contributed by atoms with van der Waals surface area (Å²) in [5.41, 5.74) is 11.6. The second-order valence-corrected chi connectivity index (χ2v) is 4.06. The van der Waals surface area contributed by atoms with Crippen molar-refractivity contribution in [1.29, 1.82) is 0 Å². The second kappa shape index (κ2) is 4.50. The number of aromatic nitrogens is 4. The van der Waals surface area contributed by atoms with Crippen LogP contribution in [0.15, 0.2) is 46.2 Å². The third-order valence-electron chi connectivity index (χ3n) is 2.62. The molecule has 0 spiro atoms. The summed E-state index contributed by atoms with van der Waals surface area (Å²) in [5.74, 6) is 0.177. The maximum absolute atomic E-state index is 12.0. The van der Waals surface area contributed by atoms with Gasteiger partial charge in [-0.2, -0.15) is 14.5 Å². The Labute approximate surface area is 112 Å². The lowest BCUT2D eigenvalue weighted by Gasteiger charge is -1.99. The molecule has 2 aromatic heterocycles. The zero-order chi connectivity index (χ0) is 14.1. The van der Waals surface area contributed by atoms with Crippen molar-refractivity contribution < 1.29 is 0 Å². The maximum Gasteiger partial charge on any atom is 0.274 e. The summed E-state index contributed by atoms with van der Waals surface area (Å²) in [6.45, 7) is 0. The van der Waals surface area contributed by atoms with Crippen LogP contribution in [0.25, 0.3) is 17.0 Å². The van der Waals surface area contributed by atoms with Gasteiger partial charge in [0.05, 0.1) is 5.69 Å². The Bertz CT molecular complexity index is 843. The lowest BCUT2D eigenvalue weighted by atomic mass is 10.1. The Morgan fingerprint density at radius 1 is 1.20 bits per heavy atom. The maximum atomic E-state index is 12.0. The highest BCUT2D eigenvalue weighted by Crippen LogP contribution is 2.15. The number of hydrogen-bond acceptors (Lipinski definition) is 4. The lowest BCUT2D eigenvalue weighted by Crippen LogP contribution is -2.22. The Hall–Kier alpha value is -3.16. The van der Waals surface area contributed by atoms with Gasteiger partial charge in [0, 0.05) is 11.6 Å². The Balaban J connectivity index is 2.19. The van der Waals surface area contributed by atoms with E-state index in [1.807, 2.05) is 30.3 Å². The van der Waals surface area contributed by atoms with Crippen LogP contribution >= 0.6 is 0 Å². The highest BCUT2D eigenvalue weighted by Gasteiger charge is 2.08. The fourth-order valence-electron chi connectivity index (χ4n) is 1.80. The van der Waals surface area contributed by atoms with E-state index < -0.39 is 0 Å². The van der Waals surface area contributed by atoms with E-state index in [0.717, 1.165) is 5.56 Å². The molecule has 8 heteroatoms. The number of hydrogen-bond donors (Lipinski definition) is 3. The summed E-state index contributed by atoms with van der Waals surface area (Å²) in [4.78, 5) is 24.1. The summed E-state index contributed by atoms with van der Waals surface area (Å²) in [5, 5.41) is 2.66. The molecular weight excluding hydrogens is 258 g/mol. The Kier molecular flexibility index (Phi) is 2.68. The van der Waals surface area contributed by atoms with Crippen LogP contribution in [-0.2, 0) is 0 Å². The molecule has 0 bridgehead atoms. The summed E-state index contributed by atoms with van der Waals surface area (Å²) >= 11 is 0. The number of nitrogens with zero attached hydrogens (tertiary/aromatic N) is 4. The second-order valence-electron chi connectivity index (χ2n) is 4.06. The van der Waals surface area contributed by atoms with Crippen molar-refractivity contribution in [2.24, 2.45) is 16.5 Å². The van der Waals surface area contributed by atoms with Gasteiger partial charge in [0.25, 0.3) is 11.3 Å². The first kappa shape index (κ1) is 11.9. The summed E-state index contributed by atoms with van der Waals surface area (Å²) in [7, 11) is 0. The third-order valence-corrected chi connectivity index (χ3v) is 2.62. The highest BCUT2D eigenvalue weighted by molar-refractivity contribution is 5.78. The molecule has 0 aliphatic rings. The molecule has 0 atom stereocenters. The number of guanidine groups is 1. The Morgan fingerprint density at radius 3 is 2.65 bits per heavy atom. The molecule has 0 amide bonds. The highest BCUT2D eigenvalue weighted by atomic mass is 16.1. The number of nitrogens with one attached hydrogen (secondary N) is 1. The van der Waals surface area contributed by atoms with Crippen LogP contribution in [0.5, 0.6) is 0 Å². The van der Waals surface area contributed by atoms with Crippen LogP contribution in [0.4, 0.5) is 5.95 Å². The van der Waals surface area contributed by atoms with Gasteiger partial charge < -0.3 is 11.5 Å². The molecule has 0 unspecified atom stereocenters. The average molecular weight is 269 g/mol. The molecule has 8 nitrogen and oxygen atoms in total. The first-order chi connectivity index (χ1) is 9.63. The van der Waals surface area contributed by atoms with Crippen molar-refractivity contribution >= 4 is 17.7 Å². The van der Waals surface area contributed by atoms with Crippen molar-refractivity contribution in [2.75, 3.05) is 0 Å². The van der Waals surface area contributed by atoms with Crippen LogP contribution < -0.4 is 17.0 Å². The zero-order valence-electron chi connectivity index (χ0n) is 10.3. The van der Waals surface area contributed by atoms with E-state index in [4.69, 9.17) is 11.5 Å². The van der Waals surface area contributed by atoms with E-state index in [-0.39, 0.29) is 23.2 Å². The van der Waals surface area contributed by atoms with Gasteiger partial charge in [-0.25, -0.2) is 4.98 Å². The molecule has 0 saturated heterocycles. The molecule has 1 aromatic carbocycles. The van der Waals surface area contributed by atoms with Crippen LogP contribution in [0.2, 0.25) is 0 Å². The van der Waals surface area contributed by atoms with Crippen LogP contribution in [0, 0.1) is 0 Å². The van der Waals surface area contributed by atoms with Gasteiger partial charge in [-0.3, -0.25) is 9.89 Å². The van der Waals surface area contributed by atoms with Crippen molar-refractivity contribution in [1.82, 2.24) is 19.6 Å². The number of benzene rings is 1. The quantitative estimate of drug-likeness (QED) is 0.445. The minimum atomic E-state index is -0.293. The van der Waals surface area contributed by atoms with Crippen LogP contribution in [-0.4, -0.2) is 25.5 Å². The van der Waals surface area contributed by atoms with Gasteiger partial charge >= 0.3 is 0 Å². The summed E-state index contributed by atoms with van der Waals surface area (Å²) in [6, 6.07) is 10.8. The van der Waals surface area contributed by atoms with E-state index in [1.54, 1.807) is 0 Å². The van der Waals surface area contributed by atoms with Crippen LogP contribution in [0.1, 0.15) is 0 Å². The predicted octanol–water partition coefficient (Wildman–Crippen LogP) is -0.0105. The lowest BCUT2D eigenvalue weighted by molar-refractivity contribution is 0.900. The standard InChI is InChI=1S/C12H11N7O/c13-10(14)16-11-17-12-15-8(6-9(20)19(12)18-11)7-4-2-1-3-5-7/h1-6H,(H5,13,14,15,16,17,18). The molecule has 5 N–H and O–H groups in total. The zero-order valence-corrected chi connectivity index (χ0v) is 10.3. The monoisotopic (exact) mass is 269 g/mol. The number of aliphatic imine (C=N–C) groups is 1. The smallest absolute Gasteiger partial charge is 0.274 e. The van der Waals surface area contributed by atoms with Crippen LogP contribution in [0.3, 0.4) is 0 Å². The number of H-pyrrole nitrogens is 1. The molecule has 100 valence electrons. The molecule has 2 heterocycles. The molecule has 0 fully saturated rings. The molecule has 3 rings (SSSR count). The Morgan fingerprint density at radius 2 is 1.95 bits per heavy atom. The van der Waals surface area contributed by atoms with E-state index in [2.05, 4.69) is 20.1 Å². The average Bonchev–Trinajstić information content (AvgIpc) is 2.82. The van der Waals surface area contributed by atoms with Gasteiger partial charge in [0.2, 0.25) is 5.95 Å². The molecule has 20 heavy (non-hydrogen) atoms. The fourth-order valence-corrected chi connectivity index (χ4v) is 1.80. The number of nitrogens with two attached hydrogens (primary N) is 2. The predicted molar refractivity (Wildman–Crippen MR) is 74.5 cm³/mol. The minimum Gasteiger partial charge on any atom is -0.370 e. The van der Waals surface area contributed by atoms with Gasteiger partial charge in [-0.1, -0.05) is 30.3 Å². The third kappa shape index (κ3) is 2.09. The first-order valence-electron chi connectivity index (χ1n) is 5.78. The molecule has 3 aromatic rings. The molecule has 0 aliphatic carbocycles. The SMILES string of the molecule is NC(N)=Nc1nc2nc(-c3ccccc3)cc(=O)n2[nH]1. The van der Waals surface area contributed by atoms with Crippen molar-refractivity contribution in [3.05, 3.63) is 46.8 Å². The van der Waals surface area contributed by atoms with Gasteiger partial charge in [0.1, 0.15) is 0 Å². The van der Waals surface area contributed by atoms with Gasteiger partial charge in [0.15, 0.2) is 5.96 Å². The fraction of sp³-hybridized carbons (Fsp3) is 0. The largest absolute Gasteiger partial charge is 0.370 e. The van der Waals surface area contributed by atoms with Gasteiger partial charge in [-0.05, 0) is 0 Å². The number of fused-ring (bicyclic) bond motifs is 1. The summed E-state index contributed by atoms with van der Waals surface area (Å²) in [6.07, 6.45) is 0. The summed E-state index contributed by atoms with van der Waals surface area (Å²) < 4.78 is 1.17. The number of aromatic amines is 1. The van der Waals surface area contributed by atoms with Crippen molar-refractivity contribution in [3.8, 4) is 11.3 Å². The molecule has 0 radical (unpaired) electrons. The molecule has 0 saturated carbocycles. The van der Waals surface area contributed by atoms with Gasteiger partial charge in [-0.15, -0.1) is 0 Å². The minimum absolute atomic E-state index is 0.125. The van der Waals surface area contributed by atoms with Crippen molar-refractivity contribution in [2.45, 2.75) is 0 Å². The number of rotatable bonds is 2. The molecular formula is C12H11N7O. The van der Waals surface area contributed by atoms with E-state index in [9.17, 15) is 4.79 Å². The topological polar surface area (TPSA) is 127 Å². The van der Waals surface area contributed by atoms with E-state index in [0.29, 0.717) is 5.69 Å².